The SMILES string of the molecule is COc1ccc(/C=C(/C#N)C(=O)Nc2nc(-c3ccccc3)cs2)cc1OC. The van der Waals surface area contributed by atoms with E-state index in [1.165, 1.54) is 24.5 Å². The Balaban J connectivity index is 1.78. The highest BCUT2D eigenvalue weighted by Gasteiger charge is 2.13. The molecule has 1 aromatic heterocycles. The van der Waals surface area contributed by atoms with Crippen molar-refractivity contribution in [1.29, 1.82) is 5.26 Å². The highest BCUT2D eigenvalue weighted by atomic mass is 32.1. The third kappa shape index (κ3) is 4.37. The van der Waals surface area contributed by atoms with Crippen molar-refractivity contribution in [3.05, 3.63) is 65.0 Å². The molecule has 0 radical (unpaired) electrons. The lowest BCUT2D eigenvalue weighted by Gasteiger charge is -2.08. The Labute approximate surface area is 166 Å². The van der Waals surface area contributed by atoms with Gasteiger partial charge in [-0.05, 0) is 23.8 Å². The average molecular weight is 391 g/mol. The first kappa shape index (κ1) is 19.1. The Hall–Kier alpha value is -3.63. The number of rotatable bonds is 6. The van der Waals surface area contributed by atoms with E-state index in [1.54, 1.807) is 25.3 Å². The van der Waals surface area contributed by atoms with Crippen molar-refractivity contribution >= 4 is 28.5 Å². The summed E-state index contributed by atoms with van der Waals surface area (Å²) < 4.78 is 10.4. The van der Waals surface area contributed by atoms with Gasteiger partial charge < -0.3 is 9.47 Å². The number of carbonyl (C=O) groups excluding carboxylic acids is 1. The molecule has 0 bridgehead atoms. The lowest BCUT2D eigenvalue weighted by Crippen LogP contribution is -2.13. The minimum absolute atomic E-state index is 0.0383. The molecule has 0 aliphatic carbocycles. The minimum Gasteiger partial charge on any atom is -0.493 e. The van der Waals surface area contributed by atoms with E-state index in [9.17, 15) is 10.1 Å². The van der Waals surface area contributed by atoms with Gasteiger partial charge in [0.1, 0.15) is 11.6 Å². The molecule has 1 amide bonds. The highest BCUT2D eigenvalue weighted by molar-refractivity contribution is 7.14. The second-order valence-electron chi connectivity index (χ2n) is 5.64. The van der Waals surface area contributed by atoms with Crippen LogP contribution in [-0.4, -0.2) is 25.1 Å². The molecule has 1 heterocycles. The number of nitrogens with zero attached hydrogens (tertiary/aromatic N) is 2. The van der Waals surface area contributed by atoms with E-state index >= 15 is 0 Å². The van der Waals surface area contributed by atoms with Gasteiger partial charge in [0.25, 0.3) is 5.91 Å². The van der Waals surface area contributed by atoms with Crippen molar-refractivity contribution in [2.75, 3.05) is 19.5 Å². The fraction of sp³-hybridized carbons (Fsp3) is 0.0952. The maximum Gasteiger partial charge on any atom is 0.268 e. The molecule has 6 nitrogen and oxygen atoms in total. The van der Waals surface area contributed by atoms with Crippen molar-refractivity contribution in [3.63, 3.8) is 0 Å². The number of nitriles is 1. The number of thiazole rings is 1. The Morgan fingerprint density at radius 3 is 2.57 bits per heavy atom. The number of hydrogen-bond acceptors (Lipinski definition) is 6. The van der Waals surface area contributed by atoms with Crippen molar-refractivity contribution in [2.45, 2.75) is 0 Å². The monoisotopic (exact) mass is 391 g/mol. The molecule has 0 spiro atoms. The van der Waals surface area contributed by atoms with Crippen LogP contribution in [0.5, 0.6) is 11.5 Å². The number of nitrogens with one attached hydrogen (secondary N) is 1. The maximum atomic E-state index is 12.5. The molecule has 0 saturated heterocycles. The van der Waals surface area contributed by atoms with Crippen LogP contribution in [-0.2, 0) is 4.79 Å². The van der Waals surface area contributed by atoms with E-state index < -0.39 is 5.91 Å². The maximum absolute atomic E-state index is 12.5. The summed E-state index contributed by atoms with van der Waals surface area (Å²) in [6.07, 6.45) is 1.49. The Kier molecular flexibility index (Phi) is 6.04. The van der Waals surface area contributed by atoms with Crippen LogP contribution >= 0.6 is 11.3 Å². The first-order chi connectivity index (χ1) is 13.6. The largest absolute Gasteiger partial charge is 0.493 e. The molecule has 3 rings (SSSR count). The second-order valence-corrected chi connectivity index (χ2v) is 6.50. The number of benzene rings is 2. The van der Waals surface area contributed by atoms with Gasteiger partial charge in [0.2, 0.25) is 0 Å². The average Bonchev–Trinajstić information content (AvgIpc) is 3.20. The summed E-state index contributed by atoms with van der Waals surface area (Å²) in [5, 5.41) is 14.4. The van der Waals surface area contributed by atoms with Crippen LogP contribution in [0.25, 0.3) is 17.3 Å². The van der Waals surface area contributed by atoms with Gasteiger partial charge >= 0.3 is 0 Å². The molecule has 28 heavy (non-hydrogen) atoms. The summed E-state index contributed by atoms with van der Waals surface area (Å²) in [5.41, 5.74) is 2.33. The van der Waals surface area contributed by atoms with E-state index in [1.807, 2.05) is 41.8 Å². The Morgan fingerprint density at radius 1 is 1.14 bits per heavy atom. The first-order valence-electron chi connectivity index (χ1n) is 8.30. The van der Waals surface area contributed by atoms with Crippen molar-refractivity contribution in [3.8, 4) is 28.8 Å². The molecule has 0 aliphatic rings. The predicted molar refractivity (Wildman–Crippen MR) is 109 cm³/mol. The molecule has 0 unspecified atom stereocenters. The van der Waals surface area contributed by atoms with E-state index in [4.69, 9.17) is 9.47 Å². The summed E-state index contributed by atoms with van der Waals surface area (Å²) >= 11 is 1.30. The summed E-state index contributed by atoms with van der Waals surface area (Å²) in [4.78, 5) is 16.9. The molecule has 140 valence electrons. The summed E-state index contributed by atoms with van der Waals surface area (Å²) in [6, 6.07) is 16.7. The normalized spacial score (nSPS) is 10.8. The van der Waals surface area contributed by atoms with Gasteiger partial charge in [-0.25, -0.2) is 4.98 Å². The zero-order chi connectivity index (χ0) is 19.9. The summed E-state index contributed by atoms with van der Waals surface area (Å²) in [7, 11) is 3.06. The van der Waals surface area contributed by atoms with Gasteiger partial charge in [0, 0.05) is 10.9 Å². The van der Waals surface area contributed by atoms with Gasteiger partial charge in [0.15, 0.2) is 16.6 Å². The van der Waals surface area contributed by atoms with Crippen LogP contribution in [0.1, 0.15) is 5.56 Å². The standard InChI is InChI=1S/C21H17N3O3S/c1-26-18-9-8-14(11-19(18)27-2)10-16(12-22)20(25)24-21-23-17(13-28-21)15-6-4-3-5-7-15/h3-11,13H,1-2H3,(H,23,24,25)/b16-10-. The van der Waals surface area contributed by atoms with E-state index in [0.717, 1.165) is 11.3 Å². The van der Waals surface area contributed by atoms with Crippen LogP contribution in [0.2, 0.25) is 0 Å². The van der Waals surface area contributed by atoms with Gasteiger partial charge in [-0.2, -0.15) is 5.26 Å². The molecule has 0 atom stereocenters. The smallest absolute Gasteiger partial charge is 0.268 e. The van der Waals surface area contributed by atoms with Gasteiger partial charge in [-0.15, -0.1) is 11.3 Å². The number of carbonyl (C=O) groups is 1. The van der Waals surface area contributed by atoms with Gasteiger partial charge in [0.05, 0.1) is 19.9 Å². The number of hydrogen-bond donors (Lipinski definition) is 1. The zero-order valence-corrected chi connectivity index (χ0v) is 16.1. The summed E-state index contributed by atoms with van der Waals surface area (Å²) in [5.74, 6) is 0.562. The molecule has 2 aromatic carbocycles. The van der Waals surface area contributed by atoms with Crippen LogP contribution < -0.4 is 14.8 Å². The molecule has 0 fully saturated rings. The van der Waals surface area contributed by atoms with Crippen LogP contribution in [0.3, 0.4) is 0 Å². The molecule has 1 N–H and O–H groups in total. The Bertz CT molecular complexity index is 1050. The number of anilines is 1. The fourth-order valence-corrected chi connectivity index (χ4v) is 3.21. The topological polar surface area (TPSA) is 84.2 Å². The lowest BCUT2D eigenvalue weighted by molar-refractivity contribution is -0.112. The second kappa shape index (κ2) is 8.84. The molecule has 3 aromatic rings. The molecule has 7 heteroatoms. The van der Waals surface area contributed by atoms with Crippen molar-refractivity contribution < 1.29 is 14.3 Å². The third-order valence-corrected chi connectivity index (χ3v) is 4.64. The molecular formula is C21H17N3O3S. The highest BCUT2D eigenvalue weighted by Crippen LogP contribution is 2.29. The number of amides is 1. The molecule has 0 saturated carbocycles. The predicted octanol–water partition coefficient (Wildman–Crippen LogP) is 4.37. The minimum atomic E-state index is -0.522. The van der Waals surface area contributed by atoms with E-state index in [2.05, 4.69) is 10.3 Å². The van der Waals surface area contributed by atoms with Gasteiger partial charge in [-0.3, -0.25) is 10.1 Å². The molecular weight excluding hydrogens is 374 g/mol. The first-order valence-corrected chi connectivity index (χ1v) is 9.18. The number of methoxy groups -OCH3 is 2. The van der Waals surface area contributed by atoms with Gasteiger partial charge in [-0.1, -0.05) is 36.4 Å². The quantitative estimate of drug-likeness (QED) is 0.498. The van der Waals surface area contributed by atoms with Crippen molar-refractivity contribution in [2.24, 2.45) is 0 Å². The fourth-order valence-electron chi connectivity index (χ4n) is 2.49. The summed E-state index contributed by atoms with van der Waals surface area (Å²) in [6.45, 7) is 0. The van der Waals surface area contributed by atoms with Crippen LogP contribution in [0.4, 0.5) is 5.13 Å². The van der Waals surface area contributed by atoms with Crippen LogP contribution in [0, 0.1) is 11.3 Å². The Morgan fingerprint density at radius 2 is 1.89 bits per heavy atom. The number of aromatic nitrogens is 1. The lowest BCUT2D eigenvalue weighted by atomic mass is 10.1. The van der Waals surface area contributed by atoms with E-state index in [0.29, 0.717) is 22.2 Å². The van der Waals surface area contributed by atoms with Crippen LogP contribution in [0.15, 0.2) is 59.5 Å². The van der Waals surface area contributed by atoms with Crippen molar-refractivity contribution in [1.82, 2.24) is 4.98 Å². The third-order valence-electron chi connectivity index (χ3n) is 3.88. The molecule has 0 aliphatic heterocycles. The van der Waals surface area contributed by atoms with E-state index in [-0.39, 0.29) is 5.57 Å². The zero-order valence-electron chi connectivity index (χ0n) is 15.3. The number of ether oxygens (including phenoxy) is 2.